The smallest absolute Gasteiger partial charge is 0.0726 e. The minimum atomic E-state index is -0.460. The topological polar surface area (TPSA) is 3.24 Å². The van der Waals surface area contributed by atoms with E-state index in [1.54, 1.807) is 0 Å². The lowest BCUT2D eigenvalue weighted by Crippen LogP contribution is -2.32. The fourth-order valence-corrected chi connectivity index (χ4v) is 11.6. The number of anilines is 2. The Morgan fingerprint density at radius 2 is 1.13 bits per heavy atom. The van der Waals surface area contributed by atoms with Gasteiger partial charge >= 0.3 is 0 Å². The van der Waals surface area contributed by atoms with Gasteiger partial charge < -0.3 is 4.90 Å². The molecule has 0 aliphatic heterocycles. The molecule has 2 atom stereocenters. The predicted molar refractivity (Wildman–Crippen MR) is 258 cm³/mol. The van der Waals surface area contributed by atoms with Crippen molar-refractivity contribution in [3.8, 4) is 33.4 Å². The van der Waals surface area contributed by atoms with E-state index in [4.69, 9.17) is 0 Å². The lowest BCUT2D eigenvalue weighted by molar-refractivity contribution is 0.586. The highest BCUT2D eigenvalue weighted by Gasteiger charge is 2.53. The largest absolute Gasteiger partial charge is 0.334 e. The van der Waals surface area contributed by atoms with Gasteiger partial charge in [-0.15, -0.1) is 0 Å². The normalized spacial score (nSPS) is 19.5. The summed E-state index contributed by atoms with van der Waals surface area (Å²) in [7, 11) is 0. The summed E-state index contributed by atoms with van der Waals surface area (Å²) in [6.07, 6.45) is 18.5. The molecule has 5 aliphatic carbocycles. The molecule has 11 rings (SSSR count). The fraction of sp³-hybridized carbons (Fsp3) is 0.267. The van der Waals surface area contributed by atoms with Crippen molar-refractivity contribution < 1.29 is 0 Å². The minimum Gasteiger partial charge on any atom is -0.334 e. The van der Waals surface area contributed by atoms with E-state index in [2.05, 4.69) is 224 Å². The average molecular weight is 792 g/mol. The van der Waals surface area contributed by atoms with Crippen LogP contribution in [0.25, 0.3) is 33.4 Å². The molecular weight excluding hydrogens is 735 g/mol. The standard InChI is InChI=1S/C60H57N/c1-57(2,3)40-27-32-46-47-33-28-41(58(4,5)6)36-54(47)60(53(46)35-40)50-22-15-13-20-48(50)56-51(60)23-16-24-55(56)61(42-29-25-39(26-30-42)38-17-10-9-11-18-38)43-31-34-45-44-19-12-14-21-49(44)59(7,8)52(45)37-43/h9-17,19-29,31-38,42H,18,30H2,1-8H3. The van der Waals surface area contributed by atoms with Crippen molar-refractivity contribution in [2.24, 2.45) is 5.92 Å². The summed E-state index contributed by atoms with van der Waals surface area (Å²) in [5.41, 5.74) is 22.7. The Hall–Kier alpha value is -5.92. The monoisotopic (exact) mass is 791 g/mol. The maximum Gasteiger partial charge on any atom is 0.0726 e. The van der Waals surface area contributed by atoms with Crippen molar-refractivity contribution in [3.05, 3.63) is 214 Å². The molecule has 0 bridgehead atoms. The van der Waals surface area contributed by atoms with Crippen LogP contribution in [-0.2, 0) is 21.7 Å². The number of nitrogens with zero attached hydrogens (tertiary/aromatic N) is 1. The number of rotatable bonds is 4. The molecule has 0 radical (unpaired) electrons. The Balaban J connectivity index is 1.17. The molecule has 2 unspecified atom stereocenters. The third-order valence-corrected chi connectivity index (χ3v) is 14.9. The second-order valence-electron chi connectivity index (χ2n) is 20.8. The molecule has 0 amide bonds. The minimum absolute atomic E-state index is 0.00552. The molecule has 5 aliphatic rings. The molecule has 302 valence electrons. The number of hydrogen-bond acceptors (Lipinski definition) is 1. The highest BCUT2D eigenvalue weighted by Crippen LogP contribution is 2.65. The zero-order chi connectivity index (χ0) is 42.1. The summed E-state index contributed by atoms with van der Waals surface area (Å²) in [5.74, 6) is 0.432. The van der Waals surface area contributed by atoms with Crippen molar-refractivity contribution in [2.75, 3.05) is 4.90 Å². The number of allylic oxidation sites excluding steroid dienone is 6. The zero-order valence-corrected chi connectivity index (χ0v) is 37.1. The average Bonchev–Trinajstić information content (AvgIpc) is 3.82. The molecule has 0 N–H and O–H groups in total. The van der Waals surface area contributed by atoms with Gasteiger partial charge in [-0.2, -0.15) is 0 Å². The van der Waals surface area contributed by atoms with Gasteiger partial charge in [0, 0.05) is 28.3 Å². The van der Waals surface area contributed by atoms with E-state index in [0.717, 1.165) is 12.8 Å². The van der Waals surface area contributed by atoms with Gasteiger partial charge in [0.15, 0.2) is 0 Å². The van der Waals surface area contributed by atoms with Crippen LogP contribution < -0.4 is 4.90 Å². The van der Waals surface area contributed by atoms with Crippen LogP contribution in [0.5, 0.6) is 0 Å². The lowest BCUT2D eigenvalue weighted by Gasteiger charge is -2.37. The summed E-state index contributed by atoms with van der Waals surface area (Å²) in [4.78, 5) is 2.70. The summed E-state index contributed by atoms with van der Waals surface area (Å²) < 4.78 is 0. The summed E-state index contributed by atoms with van der Waals surface area (Å²) in [6, 6.07) is 47.8. The summed E-state index contributed by atoms with van der Waals surface area (Å²) in [6.45, 7) is 18.9. The van der Waals surface area contributed by atoms with Gasteiger partial charge in [0.1, 0.15) is 0 Å². The quantitative estimate of drug-likeness (QED) is 0.172. The van der Waals surface area contributed by atoms with Gasteiger partial charge in [-0.3, -0.25) is 0 Å². The van der Waals surface area contributed by atoms with E-state index >= 15 is 0 Å². The Morgan fingerprint density at radius 1 is 0.525 bits per heavy atom. The van der Waals surface area contributed by atoms with Crippen LogP contribution in [-0.4, -0.2) is 6.04 Å². The van der Waals surface area contributed by atoms with Crippen LogP contribution in [0.3, 0.4) is 0 Å². The summed E-state index contributed by atoms with van der Waals surface area (Å²) >= 11 is 0. The highest BCUT2D eigenvalue weighted by atomic mass is 15.2. The molecule has 1 heteroatoms. The van der Waals surface area contributed by atoms with E-state index < -0.39 is 5.41 Å². The maximum atomic E-state index is 2.70. The molecule has 0 saturated carbocycles. The van der Waals surface area contributed by atoms with E-state index in [9.17, 15) is 0 Å². The van der Waals surface area contributed by atoms with Gasteiger partial charge in [-0.1, -0.05) is 201 Å². The van der Waals surface area contributed by atoms with E-state index in [1.165, 1.54) is 94.8 Å². The highest BCUT2D eigenvalue weighted by molar-refractivity contribution is 6.00. The molecular formula is C60H57N. The van der Waals surface area contributed by atoms with Crippen molar-refractivity contribution >= 4 is 11.4 Å². The first-order valence-corrected chi connectivity index (χ1v) is 22.6. The Morgan fingerprint density at radius 3 is 1.77 bits per heavy atom. The van der Waals surface area contributed by atoms with Crippen molar-refractivity contribution in [1.29, 1.82) is 0 Å². The first-order valence-electron chi connectivity index (χ1n) is 22.6. The number of hydrogen-bond donors (Lipinski definition) is 0. The van der Waals surface area contributed by atoms with Crippen LogP contribution in [0.4, 0.5) is 11.4 Å². The van der Waals surface area contributed by atoms with Gasteiger partial charge in [0.2, 0.25) is 0 Å². The number of fused-ring (bicyclic) bond motifs is 13. The Labute approximate surface area is 363 Å². The van der Waals surface area contributed by atoms with E-state index in [-0.39, 0.29) is 22.3 Å². The lowest BCUT2D eigenvalue weighted by atomic mass is 9.69. The molecule has 0 saturated heterocycles. The van der Waals surface area contributed by atoms with Gasteiger partial charge in [-0.05, 0) is 120 Å². The van der Waals surface area contributed by atoms with Crippen molar-refractivity contribution in [1.82, 2.24) is 0 Å². The maximum absolute atomic E-state index is 2.70. The second-order valence-corrected chi connectivity index (χ2v) is 20.8. The van der Waals surface area contributed by atoms with E-state index in [0.29, 0.717) is 5.92 Å². The molecule has 1 nitrogen and oxygen atoms in total. The molecule has 0 aromatic heterocycles. The van der Waals surface area contributed by atoms with E-state index in [1.807, 2.05) is 0 Å². The Kier molecular flexibility index (Phi) is 8.29. The third-order valence-electron chi connectivity index (χ3n) is 14.9. The molecule has 61 heavy (non-hydrogen) atoms. The molecule has 0 heterocycles. The first kappa shape index (κ1) is 38.0. The molecule has 6 aromatic rings. The summed E-state index contributed by atoms with van der Waals surface area (Å²) in [5, 5.41) is 0. The van der Waals surface area contributed by atoms with Gasteiger partial charge in [0.05, 0.1) is 11.5 Å². The van der Waals surface area contributed by atoms with Crippen LogP contribution in [0.1, 0.15) is 113 Å². The van der Waals surface area contributed by atoms with Crippen LogP contribution >= 0.6 is 0 Å². The van der Waals surface area contributed by atoms with Crippen LogP contribution in [0, 0.1) is 5.92 Å². The molecule has 0 fully saturated rings. The Bertz CT molecular complexity index is 2860. The van der Waals surface area contributed by atoms with Crippen molar-refractivity contribution in [2.45, 2.75) is 95.9 Å². The first-order chi connectivity index (χ1) is 29.3. The zero-order valence-electron chi connectivity index (χ0n) is 37.1. The van der Waals surface area contributed by atoms with Crippen LogP contribution in [0.2, 0.25) is 0 Å². The SMILES string of the molecule is CC(C)(C)c1ccc2c(c1)C1(c3cc(C(C)(C)C)ccc3-2)c2ccccc2-c2c(N(c3ccc4c(c3)C(C)(C)c3ccccc3-4)C3C=CC(C4C=CC=CC4)=CC3)cccc21. The van der Waals surface area contributed by atoms with Crippen molar-refractivity contribution in [3.63, 3.8) is 0 Å². The van der Waals surface area contributed by atoms with Gasteiger partial charge in [0.25, 0.3) is 0 Å². The fourth-order valence-electron chi connectivity index (χ4n) is 11.6. The molecule has 6 aromatic carbocycles. The second kappa shape index (κ2) is 13.3. The number of benzene rings is 6. The van der Waals surface area contributed by atoms with Gasteiger partial charge in [-0.25, -0.2) is 0 Å². The molecule has 1 spiro atoms. The predicted octanol–water partition coefficient (Wildman–Crippen LogP) is 15.5. The third kappa shape index (κ3) is 5.52. The van der Waals surface area contributed by atoms with Crippen LogP contribution in [0.15, 0.2) is 169 Å².